The van der Waals surface area contributed by atoms with Gasteiger partial charge in [0.15, 0.2) is 5.69 Å². The number of pyridine rings is 1. The van der Waals surface area contributed by atoms with Gasteiger partial charge >= 0.3 is 0 Å². The van der Waals surface area contributed by atoms with Crippen LogP contribution in [0.4, 0.5) is 5.69 Å². The first-order valence-corrected chi connectivity index (χ1v) is 11.0. The van der Waals surface area contributed by atoms with Crippen LogP contribution in [0, 0.1) is 0 Å². The number of rotatable bonds is 6. The number of carbonyl (C=O) groups excluding carboxylic acids is 1. The summed E-state index contributed by atoms with van der Waals surface area (Å²) in [6.45, 7) is 3.70. The molecule has 30 heavy (non-hydrogen) atoms. The zero-order valence-corrected chi connectivity index (χ0v) is 17.8. The van der Waals surface area contributed by atoms with Crippen LogP contribution in [0.1, 0.15) is 44.9 Å². The Morgan fingerprint density at radius 1 is 1.13 bits per heavy atom. The van der Waals surface area contributed by atoms with Crippen LogP contribution in [-0.4, -0.2) is 31.8 Å². The smallest absolute Gasteiger partial charge is 0.247 e. The lowest BCUT2D eigenvalue weighted by molar-refractivity contribution is -0.118. The number of hydrogen-bond acceptors (Lipinski definition) is 7. The lowest BCUT2D eigenvalue weighted by atomic mass is 10.1. The van der Waals surface area contributed by atoms with Crippen molar-refractivity contribution < 1.29 is 9.53 Å². The molecule has 7 nitrogen and oxygen atoms in total. The average molecular weight is 422 g/mol. The number of unbranched alkanes of at least 4 members (excludes halogenated alkanes) is 2. The van der Waals surface area contributed by atoms with Crippen LogP contribution in [0.2, 0.25) is 0 Å². The van der Waals surface area contributed by atoms with Gasteiger partial charge < -0.3 is 4.74 Å². The van der Waals surface area contributed by atoms with E-state index in [1.807, 2.05) is 36.4 Å². The molecule has 8 heteroatoms. The fourth-order valence-corrected chi connectivity index (χ4v) is 4.15. The van der Waals surface area contributed by atoms with Gasteiger partial charge in [0.05, 0.1) is 5.69 Å². The predicted octanol–water partition coefficient (Wildman–Crippen LogP) is 4.66. The molecule has 0 aliphatic carbocycles. The summed E-state index contributed by atoms with van der Waals surface area (Å²) in [5.41, 5.74) is 2.82. The van der Waals surface area contributed by atoms with Crippen LogP contribution >= 0.6 is 11.8 Å². The summed E-state index contributed by atoms with van der Waals surface area (Å²) in [6.07, 6.45) is 6.13. The second-order valence-corrected chi connectivity index (χ2v) is 8.02. The molecule has 0 unspecified atom stereocenters. The van der Waals surface area contributed by atoms with Gasteiger partial charge in [-0.2, -0.15) is 4.98 Å². The number of thioether (sulfide) groups is 1. The Bertz CT molecular complexity index is 1030. The summed E-state index contributed by atoms with van der Waals surface area (Å²) in [7, 11) is 0. The number of fused-ring (bicyclic) bond motifs is 3. The number of carbonyl (C=O) groups is 1. The number of aromatic nitrogens is 4. The quantitative estimate of drug-likeness (QED) is 0.423. The summed E-state index contributed by atoms with van der Waals surface area (Å²) in [4.78, 5) is 23.1. The molecule has 3 heterocycles. The van der Waals surface area contributed by atoms with Crippen molar-refractivity contribution in [1.29, 1.82) is 0 Å². The van der Waals surface area contributed by atoms with E-state index in [0.29, 0.717) is 22.4 Å². The van der Waals surface area contributed by atoms with Crippen molar-refractivity contribution in [2.24, 2.45) is 0 Å². The number of amides is 1. The molecule has 0 N–H and O–H groups in total. The number of ether oxygens (including phenoxy) is 1. The monoisotopic (exact) mass is 421 g/mol. The molecule has 3 aromatic rings. The van der Waals surface area contributed by atoms with Crippen molar-refractivity contribution in [3.8, 4) is 17.1 Å². The predicted molar refractivity (Wildman–Crippen MR) is 116 cm³/mol. The fraction of sp³-hybridized carbons (Fsp3) is 0.318. The third-order valence-corrected chi connectivity index (χ3v) is 5.75. The molecule has 0 saturated heterocycles. The molecular formula is C22H23N5O2S. The van der Waals surface area contributed by atoms with Crippen LogP contribution in [0.15, 0.2) is 53.9 Å². The van der Waals surface area contributed by atoms with Crippen LogP contribution in [0.5, 0.6) is 5.88 Å². The van der Waals surface area contributed by atoms with Crippen LogP contribution in [0.3, 0.4) is 0 Å². The zero-order valence-electron chi connectivity index (χ0n) is 17.0. The molecule has 0 bridgehead atoms. The minimum Gasteiger partial charge on any atom is -0.447 e. The number of anilines is 1. The van der Waals surface area contributed by atoms with E-state index >= 15 is 0 Å². The Labute approximate surface area is 179 Å². The SMILES string of the molecule is CCCCCSc1nnc2c(n1)O[C@H](c1ccncc1)N(C(C)=O)c1ccccc1-2. The Morgan fingerprint density at radius 2 is 1.93 bits per heavy atom. The van der Waals surface area contributed by atoms with E-state index in [1.54, 1.807) is 29.1 Å². The maximum atomic E-state index is 12.7. The molecule has 0 fully saturated rings. The van der Waals surface area contributed by atoms with E-state index in [2.05, 4.69) is 27.1 Å². The maximum Gasteiger partial charge on any atom is 0.247 e. The normalized spacial score (nSPS) is 15.0. The van der Waals surface area contributed by atoms with Gasteiger partial charge in [0.25, 0.3) is 0 Å². The van der Waals surface area contributed by atoms with Gasteiger partial charge in [-0.3, -0.25) is 14.7 Å². The Balaban J connectivity index is 1.79. The molecule has 1 atom stereocenters. The fourth-order valence-electron chi connectivity index (χ4n) is 3.37. The Hall–Kier alpha value is -3.00. The molecule has 2 aromatic heterocycles. The molecule has 154 valence electrons. The van der Waals surface area contributed by atoms with Gasteiger partial charge in [0, 0.05) is 36.2 Å². The van der Waals surface area contributed by atoms with Gasteiger partial charge in [-0.25, -0.2) is 0 Å². The van der Waals surface area contributed by atoms with Crippen molar-refractivity contribution in [3.63, 3.8) is 0 Å². The summed E-state index contributed by atoms with van der Waals surface area (Å²) < 4.78 is 6.32. The summed E-state index contributed by atoms with van der Waals surface area (Å²) in [5.74, 6) is 1.17. The Morgan fingerprint density at radius 3 is 2.70 bits per heavy atom. The number of benzene rings is 1. The Kier molecular flexibility index (Phi) is 6.23. The molecule has 1 aliphatic rings. The number of nitrogens with zero attached hydrogens (tertiary/aromatic N) is 5. The second-order valence-electron chi connectivity index (χ2n) is 6.96. The van der Waals surface area contributed by atoms with E-state index in [9.17, 15) is 4.79 Å². The third-order valence-electron chi connectivity index (χ3n) is 4.82. The first-order chi connectivity index (χ1) is 14.7. The first kappa shape index (κ1) is 20.3. The average Bonchev–Trinajstić information content (AvgIpc) is 2.91. The minimum absolute atomic E-state index is 0.140. The first-order valence-electron chi connectivity index (χ1n) is 10.0. The minimum atomic E-state index is -0.678. The molecule has 0 spiro atoms. The van der Waals surface area contributed by atoms with Crippen molar-refractivity contribution >= 4 is 23.4 Å². The summed E-state index contributed by atoms with van der Waals surface area (Å²) in [5, 5.41) is 9.31. The second kappa shape index (κ2) is 9.21. The number of para-hydroxylation sites is 1. The van der Waals surface area contributed by atoms with Gasteiger partial charge in [-0.05, 0) is 24.6 Å². The molecular weight excluding hydrogens is 398 g/mol. The highest BCUT2D eigenvalue weighted by atomic mass is 32.2. The van der Waals surface area contributed by atoms with Crippen molar-refractivity contribution in [2.75, 3.05) is 10.7 Å². The van der Waals surface area contributed by atoms with E-state index in [1.165, 1.54) is 13.3 Å². The van der Waals surface area contributed by atoms with Crippen molar-refractivity contribution in [3.05, 3.63) is 54.4 Å². The maximum absolute atomic E-state index is 12.7. The van der Waals surface area contributed by atoms with E-state index in [0.717, 1.165) is 29.7 Å². The molecule has 0 radical (unpaired) electrons. The standard InChI is InChI=1S/C22H23N5O2S/c1-3-4-7-14-30-22-24-20-19(25-26-22)17-8-5-6-9-18(17)27(15(2)28)21(29-20)16-10-12-23-13-11-16/h5-6,8-13,21H,3-4,7,14H2,1-2H3/t21-/m1/s1. The van der Waals surface area contributed by atoms with Crippen LogP contribution < -0.4 is 9.64 Å². The third kappa shape index (κ3) is 4.14. The summed E-state index contributed by atoms with van der Waals surface area (Å²) >= 11 is 1.57. The van der Waals surface area contributed by atoms with Gasteiger partial charge in [-0.1, -0.05) is 49.7 Å². The molecule has 0 saturated carbocycles. The topological polar surface area (TPSA) is 81.1 Å². The van der Waals surface area contributed by atoms with E-state index in [4.69, 9.17) is 4.74 Å². The zero-order chi connectivity index (χ0) is 20.9. The van der Waals surface area contributed by atoms with E-state index in [-0.39, 0.29) is 5.91 Å². The van der Waals surface area contributed by atoms with Crippen LogP contribution in [0.25, 0.3) is 11.3 Å². The van der Waals surface area contributed by atoms with Crippen molar-refractivity contribution in [1.82, 2.24) is 20.2 Å². The van der Waals surface area contributed by atoms with Gasteiger partial charge in [-0.15, -0.1) is 10.2 Å². The highest BCUT2D eigenvalue weighted by molar-refractivity contribution is 7.99. The molecule has 4 rings (SSSR count). The van der Waals surface area contributed by atoms with Crippen LogP contribution in [-0.2, 0) is 4.79 Å². The van der Waals surface area contributed by atoms with Gasteiger partial charge in [0.2, 0.25) is 23.2 Å². The molecule has 1 amide bonds. The molecule has 1 aromatic carbocycles. The highest BCUT2D eigenvalue weighted by Gasteiger charge is 2.34. The lowest BCUT2D eigenvalue weighted by Gasteiger charge is -2.29. The van der Waals surface area contributed by atoms with E-state index < -0.39 is 6.23 Å². The number of hydrogen-bond donors (Lipinski definition) is 0. The van der Waals surface area contributed by atoms with Gasteiger partial charge in [0.1, 0.15) is 0 Å². The lowest BCUT2D eigenvalue weighted by Crippen LogP contribution is -2.36. The summed E-state index contributed by atoms with van der Waals surface area (Å²) in [6, 6.07) is 11.3. The largest absolute Gasteiger partial charge is 0.447 e. The van der Waals surface area contributed by atoms with Crippen molar-refractivity contribution in [2.45, 2.75) is 44.5 Å². The molecule has 1 aliphatic heterocycles. The highest BCUT2D eigenvalue weighted by Crippen LogP contribution is 2.43.